The fourth-order valence-corrected chi connectivity index (χ4v) is 2.32. The molecule has 3 heteroatoms. The van der Waals surface area contributed by atoms with Crippen molar-refractivity contribution in [1.29, 1.82) is 0 Å². The molecule has 22 heavy (non-hydrogen) atoms. The first-order valence-electron chi connectivity index (χ1n) is 7.43. The van der Waals surface area contributed by atoms with E-state index in [1.807, 2.05) is 24.3 Å². The topological polar surface area (TPSA) is 40.5 Å². The summed E-state index contributed by atoms with van der Waals surface area (Å²) in [5.74, 6) is -0.431. The lowest BCUT2D eigenvalue weighted by atomic mass is 9.99. The second kappa shape index (κ2) is 8.15. The van der Waals surface area contributed by atoms with Crippen molar-refractivity contribution in [2.45, 2.75) is 19.3 Å². The maximum absolute atomic E-state index is 11.4. The van der Waals surface area contributed by atoms with Gasteiger partial charge in [-0.3, -0.25) is 10.0 Å². The van der Waals surface area contributed by atoms with Gasteiger partial charge in [-0.05, 0) is 42.0 Å². The zero-order valence-electron chi connectivity index (χ0n) is 12.8. The van der Waals surface area contributed by atoms with Gasteiger partial charge in [0.25, 0.3) is 5.91 Å². The van der Waals surface area contributed by atoms with E-state index < -0.39 is 5.91 Å². The van der Waals surface area contributed by atoms with Crippen LogP contribution in [-0.4, -0.2) is 23.2 Å². The van der Waals surface area contributed by atoms with Gasteiger partial charge >= 0.3 is 0 Å². The molecule has 0 bridgehead atoms. The van der Waals surface area contributed by atoms with E-state index in [9.17, 15) is 4.79 Å². The van der Waals surface area contributed by atoms with Crippen LogP contribution >= 0.6 is 0 Å². The van der Waals surface area contributed by atoms with Gasteiger partial charge in [0.2, 0.25) is 0 Å². The molecule has 0 saturated carbocycles. The SMILES string of the molecule is CN(O)C(=O)/C=C/c1ccccc1CCCc1ccccc1. The highest BCUT2D eigenvalue weighted by atomic mass is 16.5. The Labute approximate surface area is 131 Å². The van der Waals surface area contributed by atoms with Crippen LogP contribution in [0.3, 0.4) is 0 Å². The third kappa shape index (κ3) is 4.86. The van der Waals surface area contributed by atoms with Crippen molar-refractivity contribution in [2.24, 2.45) is 0 Å². The maximum Gasteiger partial charge on any atom is 0.269 e. The lowest BCUT2D eigenvalue weighted by Gasteiger charge is -2.07. The van der Waals surface area contributed by atoms with Crippen LogP contribution in [0.25, 0.3) is 6.08 Å². The standard InChI is InChI=1S/C19H21NO2/c1-20(22)19(21)15-14-18-12-6-5-11-17(18)13-7-10-16-8-3-2-4-9-16/h2-6,8-9,11-12,14-15,22H,7,10,13H2,1H3/b15-14+. The molecular formula is C19H21NO2. The van der Waals surface area contributed by atoms with E-state index in [-0.39, 0.29) is 0 Å². The molecule has 0 radical (unpaired) electrons. The van der Waals surface area contributed by atoms with Crippen molar-refractivity contribution in [3.8, 4) is 0 Å². The number of benzene rings is 2. The van der Waals surface area contributed by atoms with Crippen molar-refractivity contribution >= 4 is 12.0 Å². The quantitative estimate of drug-likeness (QED) is 0.501. The lowest BCUT2D eigenvalue weighted by molar-refractivity contribution is -0.153. The van der Waals surface area contributed by atoms with Crippen LogP contribution in [0.4, 0.5) is 0 Å². The van der Waals surface area contributed by atoms with E-state index in [1.165, 1.54) is 24.3 Å². The second-order valence-corrected chi connectivity index (χ2v) is 5.23. The molecule has 0 aromatic heterocycles. The Hall–Kier alpha value is -2.39. The first-order valence-corrected chi connectivity index (χ1v) is 7.43. The Morgan fingerprint density at radius 2 is 1.73 bits per heavy atom. The summed E-state index contributed by atoms with van der Waals surface area (Å²) in [6.45, 7) is 0. The fourth-order valence-electron chi connectivity index (χ4n) is 2.32. The molecule has 2 aromatic rings. The lowest BCUT2D eigenvalue weighted by Crippen LogP contribution is -2.19. The van der Waals surface area contributed by atoms with Crippen LogP contribution in [0.5, 0.6) is 0 Å². The molecule has 0 aliphatic heterocycles. The monoisotopic (exact) mass is 295 g/mol. The van der Waals surface area contributed by atoms with E-state index in [4.69, 9.17) is 5.21 Å². The van der Waals surface area contributed by atoms with Gasteiger partial charge in [-0.25, -0.2) is 5.06 Å². The van der Waals surface area contributed by atoms with Gasteiger partial charge in [0.1, 0.15) is 0 Å². The van der Waals surface area contributed by atoms with Crippen LogP contribution in [0.1, 0.15) is 23.1 Å². The van der Waals surface area contributed by atoms with Gasteiger partial charge in [-0.15, -0.1) is 0 Å². The molecular weight excluding hydrogens is 274 g/mol. The number of aryl methyl sites for hydroxylation is 2. The summed E-state index contributed by atoms with van der Waals surface area (Å²) < 4.78 is 0. The average molecular weight is 295 g/mol. The Kier molecular flexibility index (Phi) is 5.92. The summed E-state index contributed by atoms with van der Waals surface area (Å²) in [6, 6.07) is 18.5. The molecule has 0 unspecified atom stereocenters. The Morgan fingerprint density at radius 3 is 2.45 bits per heavy atom. The molecule has 0 fully saturated rings. The number of likely N-dealkylation sites (N-methyl/N-ethyl adjacent to an activating group) is 1. The molecule has 0 atom stereocenters. The normalized spacial score (nSPS) is 10.8. The summed E-state index contributed by atoms with van der Waals surface area (Å²) >= 11 is 0. The number of carbonyl (C=O) groups excluding carboxylic acids is 1. The third-order valence-electron chi connectivity index (χ3n) is 3.53. The van der Waals surface area contributed by atoms with Crippen molar-refractivity contribution < 1.29 is 10.0 Å². The molecule has 0 aliphatic rings. The summed E-state index contributed by atoms with van der Waals surface area (Å²) in [4.78, 5) is 11.4. The number of carbonyl (C=O) groups is 1. The maximum atomic E-state index is 11.4. The van der Waals surface area contributed by atoms with Gasteiger partial charge in [-0.2, -0.15) is 0 Å². The van der Waals surface area contributed by atoms with Crippen LogP contribution in [0.15, 0.2) is 60.7 Å². The molecule has 114 valence electrons. The van der Waals surface area contributed by atoms with Crippen molar-refractivity contribution in [2.75, 3.05) is 7.05 Å². The Balaban J connectivity index is 1.98. The average Bonchev–Trinajstić information content (AvgIpc) is 2.54. The largest absolute Gasteiger partial charge is 0.286 e. The number of rotatable bonds is 6. The minimum absolute atomic E-state index is 0.431. The second-order valence-electron chi connectivity index (χ2n) is 5.23. The van der Waals surface area contributed by atoms with Gasteiger partial charge in [0.15, 0.2) is 0 Å². The highest BCUT2D eigenvalue weighted by Gasteiger charge is 2.02. The van der Waals surface area contributed by atoms with Crippen LogP contribution in [0, 0.1) is 0 Å². The molecule has 0 heterocycles. The zero-order chi connectivity index (χ0) is 15.8. The van der Waals surface area contributed by atoms with Gasteiger partial charge in [0.05, 0.1) is 0 Å². The first kappa shape index (κ1) is 16.0. The number of nitrogens with zero attached hydrogens (tertiary/aromatic N) is 1. The molecule has 1 N–H and O–H groups in total. The number of amides is 1. The van der Waals surface area contributed by atoms with E-state index in [1.54, 1.807) is 6.08 Å². The van der Waals surface area contributed by atoms with Crippen molar-refractivity contribution in [3.05, 3.63) is 77.4 Å². The van der Waals surface area contributed by atoms with E-state index >= 15 is 0 Å². The molecule has 0 aliphatic carbocycles. The van der Waals surface area contributed by atoms with Gasteiger partial charge < -0.3 is 0 Å². The molecule has 3 nitrogen and oxygen atoms in total. The molecule has 2 rings (SSSR count). The smallest absolute Gasteiger partial charge is 0.269 e. The summed E-state index contributed by atoms with van der Waals surface area (Å²) in [5, 5.41) is 9.65. The van der Waals surface area contributed by atoms with Crippen LogP contribution < -0.4 is 0 Å². The Morgan fingerprint density at radius 1 is 1.05 bits per heavy atom. The van der Waals surface area contributed by atoms with E-state index in [2.05, 4.69) is 30.3 Å². The first-order chi connectivity index (χ1) is 10.7. The van der Waals surface area contributed by atoms with Crippen molar-refractivity contribution in [1.82, 2.24) is 5.06 Å². The summed E-state index contributed by atoms with van der Waals surface area (Å²) in [6.07, 6.45) is 6.20. The van der Waals surface area contributed by atoms with Crippen molar-refractivity contribution in [3.63, 3.8) is 0 Å². The molecule has 0 saturated heterocycles. The summed E-state index contributed by atoms with van der Waals surface area (Å²) in [7, 11) is 1.32. The predicted molar refractivity (Wildman–Crippen MR) is 88.5 cm³/mol. The van der Waals surface area contributed by atoms with E-state index in [0.717, 1.165) is 24.8 Å². The van der Waals surface area contributed by atoms with E-state index in [0.29, 0.717) is 5.06 Å². The Bertz CT molecular complexity index is 633. The fraction of sp³-hybridized carbons (Fsp3) is 0.211. The minimum Gasteiger partial charge on any atom is -0.286 e. The summed E-state index contributed by atoms with van der Waals surface area (Å²) in [5.41, 5.74) is 3.57. The number of hydrogen-bond acceptors (Lipinski definition) is 2. The van der Waals surface area contributed by atoms with Crippen LogP contribution in [-0.2, 0) is 17.6 Å². The van der Waals surface area contributed by atoms with Gasteiger partial charge in [-0.1, -0.05) is 54.6 Å². The van der Waals surface area contributed by atoms with Gasteiger partial charge in [0, 0.05) is 13.1 Å². The highest BCUT2D eigenvalue weighted by molar-refractivity contribution is 5.90. The third-order valence-corrected chi connectivity index (χ3v) is 3.53. The molecule has 0 spiro atoms. The molecule has 2 aromatic carbocycles. The number of hydroxylamine groups is 2. The van der Waals surface area contributed by atoms with Crippen LogP contribution in [0.2, 0.25) is 0 Å². The zero-order valence-corrected chi connectivity index (χ0v) is 12.8. The minimum atomic E-state index is -0.431. The highest BCUT2D eigenvalue weighted by Crippen LogP contribution is 2.15. The predicted octanol–water partition coefficient (Wildman–Crippen LogP) is 3.72. The number of hydrogen-bond donors (Lipinski definition) is 1. The molecule has 1 amide bonds.